The quantitative estimate of drug-likeness (QED) is 0.782. The first-order valence-corrected chi connectivity index (χ1v) is 7.37. The van der Waals surface area contributed by atoms with E-state index in [4.69, 9.17) is 4.74 Å². The molecule has 0 radical (unpaired) electrons. The van der Waals surface area contributed by atoms with E-state index in [0.717, 1.165) is 34.6 Å². The predicted octanol–water partition coefficient (Wildman–Crippen LogP) is 2.53. The van der Waals surface area contributed by atoms with E-state index in [9.17, 15) is 5.11 Å². The lowest BCUT2D eigenvalue weighted by molar-refractivity contribution is 0.185. The number of aliphatic hydroxyl groups is 1. The molecule has 1 aromatic heterocycles. The van der Waals surface area contributed by atoms with Gasteiger partial charge in [0, 0.05) is 18.5 Å². The van der Waals surface area contributed by atoms with Crippen molar-refractivity contribution in [3.05, 3.63) is 29.8 Å². The number of pyridine rings is 1. The van der Waals surface area contributed by atoms with E-state index in [0.29, 0.717) is 13.2 Å². The van der Waals surface area contributed by atoms with Crippen LogP contribution in [-0.4, -0.2) is 41.9 Å². The van der Waals surface area contributed by atoms with Gasteiger partial charge in [-0.1, -0.05) is 0 Å². The summed E-state index contributed by atoms with van der Waals surface area (Å²) >= 11 is 0. The highest BCUT2D eigenvalue weighted by molar-refractivity contribution is 5.86. The Morgan fingerprint density at radius 3 is 2.74 bits per heavy atom. The fourth-order valence-electron chi connectivity index (χ4n) is 2.71. The molecule has 2 aromatic rings. The van der Waals surface area contributed by atoms with E-state index in [2.05, 4.69) is 22.5 Å². The van der Waals surface area contributed by atoms with Crippen LogP contribution in [0.5, 0.6) is 5.75 Å². The molecule has 5 nitrogen and oxygen atoms in total. The van der Waals surface area contributed by atoms with Gasteiger partial charge in [-0.05, 0) is 43.7 Å². The number of aliphatic hydroxyl groups excluding tert-OH is 1. The third kappa shape index (κ3) is 4.38. The van der Waals surface area contributed by atoms with Gasteiger partial charge in [-0.3, -0.25) is 0 Å². The molecule has 1 fully saturated rings. The van der Waals surface area contributed by atoms with Gasteiger partial charge in [0.05, 0.1) is 24.3 Å². The molecule has 0 spiro atoms. The highest BCUT2D eigenvalue weighted by atomic mass is 35.5. The maximum Gasteiger partial charge on any atom is 0.127 e. The smallest absolute Gasteiger partial charge is 0.127 e. The first kappa shape index (κ1) is 19.8. The Bertz CT molecular complexity index is 655. The Morgan fingerprint density at radius 1 is 1.30 bits per heavy atom. The van der Waals surface area contributed by atoms with E-state index >= 15 is 0 Å². The Labute approximate surface area is 148 Å². The molecule has 3 rings (SSSR count). The fraction of sp³-hybridized carbons (Fsp3) is 0.438. The molecule has 0 saturated carbocycles. The molecule has 1 aromatic carbocycles. The molecular weight excluding hydrogens is 337 g/mol. The number of halogens is 2. The maximum atomic E-state index is 9.86. The van der Waals surface area contributed by atoms with E-state index in [1.807, 2.05) is 31.2 Å². The first-order valence-electron chi connectivity index (χ1n) is 7.37. The normalized spacial score (nSPS) is 19.8. The molecule has 1 aliphatic heterocycles. The van der Waals surface area contributed by atoms with E-state index in [1.54, 1.807) is 0 Å². The summed E-state index contributed by atoms with van der Waals surface area (Å²) in [7, 11) is 0. The lowest BCUT2D eigenvalue weighted by Crippen LogP contribution is -2.32. The molecule has 7 heteroatoms. The molecule has 23 heavy (non-hydrogen) atoms. The van der Waals surface area contributed by atoms with Crippen molar-refractivity contribution in [2.24, 2.45) is 0 Å². The van der Waals surface area contributed by atoms with Crippen LogP contribution in [0, 0.1) is 6.92 Å². The molecule has 0 aliphatic carbocycles. The van der Waals surface area contributed by atoms with E-state index < -0.39 is 0 Å². The van der Waals surface area contributed by atoms with Gasteiger partial charge in [0.1, 0.15) is 11.6 Å². The number of aryl methyl sites for hydroxylation is 1. The third-order valence-corrected chi connectivity index (χ3v) is 3.81. The maximum absolute atomic E-state index is 9.86. The summed E-state index contributed by atoms with van der Waals surface area (Å²) in [5.74, 6) is 1.67. The zero-order valence-electron chi connectivity index (χ0n) is 13.2. The summed E-state index contributed by atoms with van der Waals surface area (Å²) in [5.41, 5.74) is 2.07. The number of aromatic nitrogens is 1. The number of β-amino-alcohol motifs (C(OH)–C–C–N with tert-alkyl or cyclic N) is 1. The standard InChI is InChI=1S/C16H21N3O2.2ClH/c1-3-21-11-4-5-13-12(7-11)10(2)6-16(18-13)19-14-8-17-9-15(14)20;;/h4-7,14-15,17,20H,3,8-9H2,1-2H3,(H,18,19);2*1H/t14-,15-;;/m1../s1. The molecule has 128 valence electrons. The lowest BCUT2D eigenvalue weighted by atomic mass is 10.1. The zero-order valence-corrected chi connectivity index (χ0v) is 14.8. The number of benzene rings is 1. The summed E-state index contributed by atoms with van der Waals surface area (Å²) in [4.78, 5) is 4.63. The van der Waals surface area contributed by atoms with Gasteiger partial charge in [0.25, 0.3) is 0 Å². The number of nitrogens with zero attached hydrogens (tertiary/aromatic N) is 1. The number of hydrogen-bond donors (Lipinski definition) is 3. The number of rotatable bonds is 4. The summed E-state index contributed by atoms with van der Waals surface area (Å²) in [6.45, 7) is 6.08. The van der Waals surface area contributed by atoms with Gasteiger partial charge in [-0.25, -0.2) is 4.98 Å². The van der Waals surface area contributed by atoms with Crippen LogP contribution in [0.25, 0.3) is 10.9 Å². The molecule has 2 atom stereocenters. The monoisotopic (exact) mass is 359 g/mol. The Morgan fingerprint density at radius 2 is 2.09 bits per heavy atom. The van der Waals surface area contributed by atoms with Gasteiger partial charge in [0.2, 0.25) is 0 Å². The number of fused-ring (bicyclic) bond motifs is 1. The summed E-state index contributed by atoms with van der Waals surface area (Å²) in [6.07, 6.45) is -0.372. The van der Waals surface area contributed by atoms with Crippen LogP contribution in [-0.2, 0) is 0 Å². The van der Waals surface area contributed by atoms with Crippen LogP contribution in [0.2, 0.25) is 0 Å². The van der Waals surface area contributed by atoms with Gasteiger partial charge in [-0.2, -0.15) is 0 Å². The molecule has 0 bridgehead atoms. The van der Waals surface area contributed by atoms with Crippen molar-refractivity contribution in [1.82, 2.24) is 10.3 Å². The second-order valence-electron chi connectivity index (χ2n) is 5.41. The van der Waals surface area contributed by atoms with Crippen LogP contribution < -0.4 is 15.4 Å². The minimum absolute atomic E-state index is 0. The van der Waals surface area contributed by atoms with Crippen molar-refractivity contribution in [2.75, 3.05) is 25.0 Å². The average Bonchev–Trinajstić information content (AvgIpc) is 2.85. The zero-order chi connectivity index (χ0) is 14.8. The van der Waals surface area contributed by atoms with Crippen LogP contribution >= 0.6 is 24.8 Å². The van der Waals surface area contributed by atoms with Crippen molar-refractivity contribution < 1.29 is 9.84 Å². The van der Waals surface area contributed by atoms with Crippen molar-refractivity contribution in [2.45, 2.75) is 26.0 Å². The lowest BCUT2D eigenvalue weighted by Gasteiger charge is -2.17. The van der Waals surface area contributed by atoms with Gasteiger partial charge in [-0.15, -0.1) is 24.8 Å². The highest BCUT2D eigenvalue weighted by Gasteiger charge is 2.24. The first-order chi connectivity index (χ1) is 10.2. The van der Waals surface area contributed by atoms with Crippen LogP contribution in [0.4, 0.5) is 5.82 Å². The minimum atomic E-state index is -0.372. The number of ether oxygens (including phenoxy) is 1. The molecule has 0 unspecified atom stereocenters. The van der Waals surface area contributed by atoms with Crippen molar-refractivity contribution in [1.29, 1.82) is 0 Å². The van der Waals surface area contributed by atoms with Gasteiger partial charge < -0.3 is 20.5 Å². The summed E-state index contributed by atoms with van der Waals surface area (Å²) < 4.78 is 5.54. The van der Waals surface area contributed by atoms with Crippen LogP contribution in [0.3, 0.4) is 0 Å². The Kier molecular flexibility index (Phi) is 7.35. The topological polar surface area (TPSA) is 66.4 Å². The van der Waals surface area contributed by atoms with Crippen molar-refractivity contribution >= 4 is 41.5 Å². The SMILES string of the molecule is CCOc1ccc2nc(N[C@@H]3CNC[C@H]3O)cc(C)c2c1.Cl.Cl. The third-order valence-electron chi connectivity index (χ3n) is 3.81. The molecule has 1 aliphatic rings. The van der Waals surface area contributed by atoms with Gasteiger partial charge in [0.15, 0.2) is 0 Å². The Balaban J connectivity index is 0.00000132. The summed E-state index contributed by atoms with van der Waals surface area (Å²) in [6, 6.07) is 7.97. The number of anilines is 1. The molecule has 3 N–H and O–H groups in total. The van der Waals surface area contributed by atoms with Crippen molar-refractivity contribution in [3.8, 4) is 5.75 Å². The Hall–Kier alpha value is -1.27. The average molecular weight is 360 g/mol. The molecule has 1 saturated heterocycles. The van der Waals surface area contributed by atoms with E-state index in [-0.39, 0.29) is 37.0 Å². The van der Waals surface area contributed by atoms with E-state index in [1.165, 1.54) is 0 Å². The largest absolute Gasteiger partial charge is 0.494 e. The predicted molar refractivity (Wildman–Crippen MR) is 98.4 cm³/mol. The second-order valence-corrected chi connectivity index (χ2v) is 5.41. The molecule has 0 amide bonds. The minimum Gasteiger partial charge on any atom is -0.494 e. The van der Waals surface area contributed by atoms with Crippen LogP contribution in [0.1, 0.15) is 12.5 Å². The molecule has 2 heterocycles. The highest BCUT2D eigenvalue weighted by Crippen LogP contribution is 2.25. The number of nitrogens with one attached hydrogen (secondary N) is 2. The summed E-state index contributed by atoms with van der Waals surface area (Å²) in [5, 5.41) is 17.4. The number of hydrogen-bond acceptors (Lipinski definition) is 5. The van der Waals surface area contributed by atoms with Crippen molar-refractivity contribution in [3.63, 3.8) is 0 Å². The van der Waals surface area contributed by atoms with Gasteiger partial charge >= 0.3 is 0 Å². The molecular formula is C16H23Cl2N3O2. The fourth-order valence-corrected chi connectivity index (χ4v) is 2.71. The van der Waals surface area contributed by atoms with Crippen LogP contribution in [0.15, 0.2) is 24.3 Å². The second kappa shape index (κ2) is 8.55.